The molecule has 4 nitrogen and oxygen atoms in total. The van der Waals surface area contributed by atoms with Gasteiger partial charge in [-0.3, -0.25) is 4.79 Å². The van der Waals surface area contributed by atoms with Gasteiger partial charge < -0.3 is 16.2 Å². The fourth-order valence-corrected chi connectivity index (χ4v) is 1.35. The molecule has 0 aromatic carbocycles. The van der Waals surface area contributed by atoms with Gasteiger partial charge in [-0.15, -0.1) is 12.4 Å². The average molecular weight is 253 g/mol. The topological polar surface area (TPSA) is 75.3 Å². The first-order valence-electron chi connectivity index (χ1n) is 5.55. The number of nitrogens with one attached hydrogen (secondary N) is 1. The fourth-order valence-electron chi connectivity index (χ4n) is 1.35. The van der Waals surface area contributed by atoms with Crippen LogP contribution >= 0.6 is 12.4 Å². The van der Waals surface area contributed by atoms with Crippen LogP contribution in [0.15, 0.2) is 0 Å². The molecule has 0 aliphatic carbocycles. The Labute approximate surface area is 104 Å². The molecule has 2 atom stereocenters. The Morgan fingerprint density at radius 2 is 1.81 bits per heavy atom. The molecule has 16 heavy (non-hydrogen) atoms. The molecule has 0 aromatic rings. The lowest BCUT2D eigenvalue weighted by atomic mass is 10.0. The standard InChI is InChI=1S/C11H24N2O2.ClH/c1-7(2)5-9(6-14)13-11(15)10(12)8(3)4;/h7-10,14H,5-6,12H2,1-4H3,(H,13,15);1H/t9-,10-;/m0./s1. The van der Waals surface area contributed by atoms with Crippen molar-refractivity contribution in [3.05, 3.63) is 0 Å². The molecule has 0 heterocycles. The van der Waals surface area contributed by atoms with Gasteiger partial charge in [0.25, 0.3) is 0 Å². The summed E-state index contributed by atoms with van der Waals surface area (Å²) in [7, 11) is 0. The smallest absolute Gasteiger partial charge is 0.237 e. The van der Waals surface area contributed by atoms with Gasteiger partial charge >= 0.3 is 0 Å². The van der Waals surface area contributed by atoms with Crippen LogP contribution in [0.1, 0.15) is 34.1 Å². The molecule has 98 valence electrons. The van der Waals surface area contributed by atoms with E-state index in [-0.39, 0.29) is 36.9 Å². The summed E-state index contributed by atoms with van der Waals surface area (Å²) in [4.78, 5) is 11.6. The maximum absolute atomic E-state index is 11.6. The number of hydrogen-bond acceptors (Lipinski definition) is 3. The highest BCUT2D eigenvalue weighted by Crippen LogP contribution is 2.05. The van der Waals surface area contributed by atoms with E-state index < -0.39 is 6.04 Å². The second-order valence-corrected chi connectivity index (χ2v) is 4.79. The zero-order valence-electron chi connectivity index (χ0n) is 10.6. The molecule has 0 spiro atoms. The van der Waals surface area contributed by atoms with E-state index in [2.05, 4.69) is 19.2 Å². The van der Waals surface area contributed by atoms with E-state index in [0.29, 0.717) is 5.92 Å². The summed E-state index contributed by atoms with van der Waals surface area (Å²) in [5.74, 6) is 0.380. The average Bonchev–Trinajstić information content (AvgIpc) is 2.14. The highest BCUT2D eigenvalue weighted by atomic mass is 35.5. The second kappa shape index (κ2) is 8.79. The van der Waals surface area contributed by atoms with Crippen LogP contribution in [0.5, 0.6) is 0 Å². The van der Waals surface area contributed by atoms with Gasteiger partial charge in [-0.05, 0) is 18.3 Å². The molecule has 0 rings (SSSR count). The minimum atomic E-state index is -0.494. The number of rotatable bonds is 6. The Kier molecular flexibility index (Phi) is 9.92. The molecule has 1 amide bonds. The number of carbonyl (C=O) groups excluding carboxylic acids is 1. The molecule has 0 aliphatic heterocycles. The molecular formula is C11H25ClN2O2. The van der Waals surface area contributed by atoms with Gasteiger partial charge in [-0.25, -0.2) is 0 Å². The van der Waals surface area contributed by atoms with Gasteiger partial charge in [-0.1, -0.05) is 27.7 Å². The number of hydrogen-bond donors (Lipinski definition) is 3. The van der Waals surface area contributed by atoms with E-state index in [1.54, 1.807) is 0 Å². The van der Waals surface area contributed by atoms with Crippen molar-refractivity contribution in [2.45, 2.75) is 46.2 Å². The molecular weight excluding hydrogens is 228 g/mol. The van der Waals surface area contributed by atoms with Crippen LogP contribution in [0, 0.1) is 11.8 Å². The summed E-state index contributed by atoms with van der Waals surface area (Å²) in [5.41, 5.74) is 5.70. The monoisotopic (exact) mass is 252 g/mol. The first-order chi connectivity index (χ1) is 6.88. The van der Waals surface area contributed by atoms with Gasteiger partial charge in [0.2, 0.25) is 5.91 Å². The van der Waals surface area contributed by atoms with Crippen LogP contribution < -0.4 is 11.1 Å². The Balaban J connectivity index is 0. The number of aliphatic hydroxyl groups excluding tert-OH is 1. The first-order valence-corrected chi connectivity index (χ1v) is 5.55. The van der Waals surface area contributed by atoms with E-state index in [4.69, 9.17) is 10.8 Å². The third-order valence-corrected chi connectivity index (χ3v) is 2.34. The van der Waals surface area contributed by atoms with Crippen LogP contribution in [-0.2, 0) is 4.79 Å². The number of amides is 1. The van der Waals surface area contributed by atoms with E-state index in [1.165, 1.54) is 0 Å². The molecule has 0 radical (unpaired) electrons. The minimum absolute atomic E-state index is 0. The third-order valence-electron chi connectivity index (χ3n) is 2.34. The number of aliphatic hydroxyl groups is 1. The van der Waals surface area contributed by atoms with E-state index in [1.807, 2.05) is 13.8 Å². The summed E-state index contributed by atoms with van der Waals surface area (Å²) in [5, 5.41) is 11.9. The van der Waals surface area contributed by atoms with Crippen molar-refractivity contribution >= 4 is 18.3 Å². The third kappa shape index (κ3) is 7.04. The molecule has 0 saturated heterocycles. The quantitative estimate of drug-likeness (QED) is 0.658. The van der Waals surface area contributed by atoms with Crippen molar-refractivity contribution in [3.8, 4) is 0 Å². The van der Waals surface area contributed by atoms with Crippen LogP contribution in [0.25, 0.3) is 0 Å². The van der Waals surface area contributed by atoms with Gasteiger partial charge in [0.1, 0.15) is 0 Å². The lowest BCUT2D eigenvalue weighted by Crippen LogP contribution is -2.49. The largest absolute Gasteiger partial charge is 0.394 e. The van der Waals surface area contributed by atoms with Gasteiger partial charge in [-0.2, -0.15) is 0 Å². The van der Waals surface area contributed by atoms with E-state index in [9.17, 15) is 4.79 Å². The van der Waals surface area contributed by atoms with Crippen molar-refractivity contribution < 1.29 is 9.90 Å². The van der Waals surface area contributed by atoms with Crippen LogP contribution in [0.3, 0.4) is 0 Å². The molecule has 0 unspecified atom stereocenters. The molecule has 0 bridgehead atoms. The molecule has 0 saturated carbocycles. The highest BCUT2D eigenvalue weighted by molar-refractivity contribution is 5.85. The van der Waals surface area contributed by atoms with Crippen molar-refractivity contribution in [2.75, 3.05) is 6.61 Å². The zero-order valence-corrected chi connectivity index (χ0v) is 11.4. The summed E-state index contributed by atoms with van der Waals surface area (Å²) < 4.78 is 0. The van der Waals surface area contributed by atoms with Crippen LogP contribution in [0.4, 0.5) is 0 Å². The summed E-state index contributed by atoms with van der Waals surface area (Å²) in [6, 6.07) is -0.673. The predicted octanol–water partition coefficient (Wildman–Crippen LogP) is 0.915. The Morgan fingerprint density at radius 3 is 2.12 bits per heavy atom. The summed E-state index contributed by atoms with van der Waals surface area (Å²) in [6.07, 6.45) is 0.771. The number of halogens is 1. The summed E-state index contributed by atoms with van der Waals surface area (Å²) >= 11 is 0. The van der Waals surface area contributed by atoms with Gasteiger partial charge in [0.15, 0.2) is 0 Å². The van der Waals surface area contributed by atoms with Crippen molar-refractivity contribution in [1.29, 1.82) is 0 Å². The maximum atomic E-state index is 11.6. The van der Waals surface area contributed by atoms with E-state index >= 15 is 0 Å². The van der Waals surface area contributed by atoms with Crippen LogP contribution in [-0.4, -0.2) is 29.7 Å². The second-order valence-electron chi connectivity index (χ2n) is 4.79. The Bertz CT molecular complexity index is 198. The summed E-state index contributed by atoms with van der Waals surface area (Å²) in [6.45, 7) is 7.88. The Morgan fingerprint density at radius 1 is 1.31 bits per heavy atom. The molecule has 4 N–H and O–H groups in total. The molecule has 0 aromatic heterocycles. The minimum Gasteiger partial charge on any atom is -0.394 e. The number of carbonyl (C=O) groups is 1. The maximum Gasteiger partial charge on any atom is 0.237 e. The van der Waals surface area contributed by atoms with Gasteiger partial charge in [0.05, 0.1) is 18.7 Å². The molecule has 0 aliphatic rings. The number of nitrogens with two attached hydrogens (primary N) is 1. The van der Waals surface area contributed by atoms with Crippen molar-refractivity contribution in [1.82, 2.24) is 5.32 Å². The predicted molar refractivity (Wildman–Crippen MR) is 68.5 cm³/mol. The SMILES string of the molecule is CC(C)C[C@@H](CO)NC(=O)[C@@H](N)C(C)C.Cl. The normalized spacial score (nSPS) is 14.5. The fraction of sp³-hybridized carbons (Fsp3) is 0.909. The lowest BCUT2D eigenvalue weighted by molar-refractivity contribution is -0.124. The highest BCUT2D eigenvalue weighted by Gasteiger charge is 2.20. The van der Waals surface area contributed by atoms with E-state index in [0.717, 1.165) is 6.42 Å². The zero-order chi connectivity index (χ0) is 12.0. The lowest BCUT2D eigenvalue weighted by Gasteiger charge is -2.22. The van der Waals surface area contributed by atoms with Crippen molar-refractivity contribution in [2.24, 2.45) is 17.6 Å². The Hall–Kier alpha value is -0.320. The van der Waals surface area contributed by atoms with Gasteiger partial charge in [0, 0.05) is 0 Å². The van der Waals surface area contributed by atoms with Crippen molar-refractivity contribution in [3.63, 3.8) is 0 Å². The van der Waals surface area contributed by atoms with Crippen LogP contribution in [0.2, 0.25) is 0 Å². The first kappa shape index (κ1) is 18.1. The molecule has 0 fully saturated rings. The molecule has 5 heteroatoms.